The summed E-state index contributed by atoms with van der Waals surface area (Å²) in [6, 6.07) is 3.92. The molecule has 1 saturated heterocycles. The van der Waals surface area contributed by atoms with Crippen molar-refractivity contribution in [3.8, 4) is 0 Å². The fourth-order valence-electron chi connectivity index (χ4n) is 2.87. The lowest BCUT2D eigenvalue weighted by molar-refractivity contribution is -0.150. The monoisotopic (exact) mass is 439 g/mol. The predicted molar refractivity (Wildman–Crippen MR) is 102 cm³/mol. The molecule has 3 atom stereocenters. The summed E-state index contributed by atoms with van der Waals surface area (Å²) < 4.78 is 17.0. The molecule has 1 unspecified atom stereocenters. The fourth-order valence-corrected chi connectivity index (χ4v) is 5.08. The highest BCUT2D eigenvalue weighted by atomic mass is 32.2. The van der Waals surface area contributed by atoms with Crippen molar-refractivity contribution in [2.45, 2.75) is 23.4 Å². The number of hydrogen-bond acceptors (Lipinski definition) is 8. The van der Waals surface area contributed by atoms with Gasteiger partial charge >= 0.3 is 11.9 Å². The van der Waals surface area contributed by atoms with Crippen LogP contribution in [-0.4, -0.2) is 72.5 Å². The molecule has 12 heteroatoms. The van der Waals surface area contributed by atoms with Crippen LogP contribution in [0.1, 0.15) is 6.92 Å². The molecule has 29 heavy (non-hydrogen) atoms. The number of aliphatic carboxylic acids is 1. The molecule has 10 nitrogen and oxygen atoms in total. The summed E-state index contributed by atoms with van der Waals surface area (Å²) in [6.07, 6.45) is 1.46. The molecular weight excluding hydrogens is 422 g/mol. The molecule has 0 bridgehead atoms. The summed E-state index contributed by atoms with van der Waals surface area (Å²) in [6.45, 7) is 0.982. The number of carbonyl (C=O) groups is 4. The minimum Gasteiger partial charge on any atom is -0.477 e. The first-order valence-corrected chi connectivity index (χ1v) is 10.8. The number of esters is 1. The van der Waals surface area contributed by atoms with E-state index in [1.807, 2.05) is 0 Å². The van der Waals surface area contributed by atoms with Crippen LogP contribution in [0.4, 0.5) is 0 Å². The molecule has 1 aromatic heterocycles. The average molecular weight is 439 g/mol. The summed E-state index contributed by atoms with van der Waals surface area (Å²) in [7, 11) is -1.66. The van der Waals surface area contributed by atoms with Crippen LogP contribution in [0.3, 0.4) is 0 Å². The van der Waals surface area contributed by atoms with E-state index >= 15 is 0 Å². The van der Waals surface area contributed by atoms with Gasteiger partial charge < -0.3 is 15.2 Å². The van der Waals surface area contributed by atoms with Crippen molar-refractivity contribution in [1.29, 1.82) is 0 Å². The molecule has 1 fully saturated rings. The van der Waals surface area contributed by atoms with E-state index in [4.69, 9.17) is 4.74 Å². The second kappa shape index (κ2) is 8.74. The van der Waals surface area contributed by atoms with E-state index in [2.05, 4.69) is 10.3 Å². The van der Waals surface area contributed by atoms with Crippen LogP contribution >= 0.6 is 11.8 Å². The smallest absolute Gasteiger partial charge is 0.352 e. The number of fused-ring (bicyclic) bond motifs is 1. The Morgan fingerprint density at radius 3 is 2.79 bits per heavy atom. The molecule has 2 N–H and O–H groups in total. The first-order valence-electron chi connectivity index (χ1n) is 8.41. The Labute approximate surface area is 172 Å². The largest absolute Gasteiger partial charge is 0.477 e. The van der Waals surface area contributed by atoms with E-state index in [-0.39, 0.29) is 28.8 Å². The predicted octanol–water partition coefficient (Wildman–Crippen LogP) is -0.509. The Morgan fingerprint density at radius 1 is 1.41 bits per heavy atom. The van der Waals surface area contributed by atoms with Crippen molar-refractivity contribution < 1.29 is 33.2 Å². The van der Waals surface area contributed by atoms with Crippen molar-refractivity contribution in [2.75, 3.05) is 18.1 Å². The molecule has 0 aliphatic carbocycles. The van der Waals surface area contributed by atoms with Crippen molar-refractivity contribution in [2.24, 2.45) is 0 Å². The number of amides is 2. The highest BCUT2D eigenvalue weighted by Gasteiger charge is 2.54. The lowest BCUT2D eigenvalue weighted by Gasteiger charge is -2.49. The Morgan fingerprint density at radius 2 is 2.17 bits per heavy atom. The van der Waals surface area contributed by atoms with E-state index < -0.39 is 46.0 Å². The van der Waals surface area contributed by atoms with Crippen molar-refractivity contribution in [3.63, 3.8) is 0 Å². The summed E-state index contributed by atoms with van der Waals surface area (Å²) in [5.41, 5.74) is 0.0749. The number of thioether (sulfide) groups is 1. The number of hydrogen-bond donors (Lipinski definition) is 2. The topological polar surface area (TPSA) is 143 Å². The number of carboxylic acids is 1. The lowest BCUT2D eigenvalue weighted by Crippen LogP contribution is -2.70. The minimum absolute atomic E-state index is 0.222. The third-order valence-electron chi connectivity index (χ3n) is 4.15. The highest BCUT2D eigenvalue weighted by molar-refractivity contribution is 8.00. The lowest BCUT2D eigenvalue weighted by atomic mass is 10.0. The van der Waals surface area contributed by atoms with Gasteiger partial charge in [-0.05, 0) is 12.1 Å². The highest BCUT2D eigenvalue weighted by Crippen LogP contribution is 2.40. The number of rotatable bonds is 7. The second-order valence-corrected chi connectivity index (χ2v) is 8.65. The van der Waals surface area contributed by atoms with E-state index in [9.17, 15) is 28.5 Å². The van der Waals surface area contributed by atoms with Gasteiger partial charge in [0, 0.05) is 24.4 Å². The van der Waals surface area contributed by atoms with Crippen LogP contribution < -0.4 is 5.32 Å². The maximum absolute atomic E-state index is 12.5. The Kier molecular flexibility index (Phi) is 6.33. The molecule has 1 aromatic rings. The van der Waals surface area contributed by atoms with E-state index in [1.165, 1.54) is 30.9 Å². The second-order valence-electron chi connectivity index (χ2n) is 6.15. The van der Waals surface area contributed by atoms with Crippen LogP contribution in [0, 0.1) is 0 Å². The molecular formula is C17H17N3O7S2. The molecule has 2 aliphatic heterocycles. The molecule has 3 heterocycles. The maximum atomic E-state index is 12.5. The van der Waals surface area contributed by atoms with E-state index in [0.29, 0.717) is 5.57 Å². The molecule has 0 radical (unpaired) electrons. The fraction of sp³-hybridized carbons (Fsp3) is 0.353. The normalized spacial score (nSPS) is 21.7. The number of pyridine rings is 1. The quantitative estimate of drug-likeness (QED) is 0.424. The first kappa shape index (κ1) is 21.0. The van der Waals surface area contributed by atoms with Crippen molar-refractivity contribution in [3.05, 3.63) is 35.7 Å². The van der Waals surface area contributed by atoms with Gasteiger partial charge in [-0.15, -0.1) is 11.8 Å². The van der Waals surface area contributed by atoms with Gasteiger partial charge in [0.25, 0.3) is 5.91 Å². The molecule has 0 saturated carbocycles. The van der Waals surface area contributed by atoms with Crippen molar-refractivity contribution >= 4 is 46.3 Å². The summed E-state index contributed by atoms with van der Waals surface area (Å²) in [5.74, 6) is -3.19. The standard InChI is InChI=1S/C17H17N3O7S2/c1-9(21)27-6-10-7-28-16-13(15(23)20(16)14(10)17(24)25)19-11(22)8-29(26)12-4-2-3-5-18-12/h2-5,13,16H,6-8H2,1H3,(H,19,22)(H,24,25)/t13-,16-,29?/m1/s1. The van der Waals surface area contributed by atoms with Crippen molar-refractivity contribution in [1.82, 2.24) is 15.2 Å². The summed E-state index contributed by atoms with van der Waals surface area (Å²) in [4.78, 5) is 52.3. The van der Waals surface area contributed by atoms with Gasteiger partial charge in [0.1, 0.15) is 34.5 Å². The van der Waals surface area contributed by atoms with Crippen LogP contribution in [0.15, 0.2) is 40.7 Å². The maximum Gasteiger partial charge on any atom is 0.352 e. The molecule has 0 spiro atoms. The van der Waals surface area contributed by atoms with Gasteiger partial charge in [0.2, 0.25) is 5.91 Å². The van der Waals surface area contributed by atoms with Crippen LogP contribution in [0.2, 0.25) is 0 Å². The number of nitrogens with one attached hydrogen (secondary N) is 1. The Bertz CT molecular complexity index is 919. The zero-order valence-corrected chi connectivity index (χ0v) is 16.8. The minimum atomic E-state index is -1.66. The molecule has 154 valence electrons. The molecule has 0 aromatic carbocycles. The van der Waals surface area contributed by atoms with Crippen LogP contribution in [0.25, 0.3) is 0 Å². The number of nitrogens with zero attached hydrogens (tertiary/aromatic N) is 2. The Hall–Kier alpha value is -2.73. The average Bonchev–Trinajstić information content (AvgIpc) is 2.70. The number of carboxylic acid groups (broad SMARTS) is 1. The third kappa shape index (κ3) is 4.48. The Balaban J connectivity index is 1.66. The van der Waals surface area contributed by atoms with Gasteiger partial charge in [-0.2, -0.15) is 0 Å². The zero-order valence-electron chi connectivity index (χ0n) is 15.2. The van der Waals surface area contributed by atoms with Gasteiger partial charge in [-0.3, -0.25) is 23.5 Å². The van der Waals surface area contributed by atoms with Gasteiger partial charge in [0.15, 0.2) is 0 Å². The van der Waals surface area contributed by atoms with Crippen LogP contribution in [0.5, 0.6) is 0 Å². The third-order valence-corrected chi connectivity index (χ3v) is 6.72. The number of aromatic nitrogens is 1. The van der Waals surface area contributed by atoms with Crippen LogP contribution in [-0.2, 0) is 34.7 Å². The molecule has 2 aliphatic rings. The number of carbonyl (C=O) groups excluding carboxylic acids is 3. The number of ether oxygens (including phenoxy) is 1. The van der Waals surface area contributed by atoms with E-state index in [1.54, 1.807) is 12.1 Å². The van der Waals surface area contributed by atoms with Gasteiger partial charge in [-0.25, -0.2) is 9.78 Å². The SMILES string of the molecule is CC(=O)OCC1=C(C(=O)O)N2C(=O)[C@@H](NC(=O)CS(=O)c3ccccn3)[C@H]2SC1. The summed E-state index contributed by atoms with van der Waals surface area (Å²) >= 11 is 1.25. The zero-order chi connectivity index (χ0) is 21.1. The molecule has 3 rings (SSSR count). The van der Waals surface area contributed by atoms with Gasteiger partial charge in [0.05, 0.1) is 10.8 Å². The van der Waals surface area contributed by atoms with E-state index in [0.717, 1.165) is 4.90 Å². The van der Waals surface area contributed by atoms with Gasteiger partial charge in [-0.1, -0.05) is 6.07 Å². The molecule has 2 amide bonds. The summed E-state index contributed by atoms with van der Waals surface area (Å²) in [5, 5.41) is 11.7. The number of β-lactam (4-membered cyclic amide) rings is 1. The first-order chi connectivity index (χ1) is 13.8.